The molecule has 0 aliphatic carbocycles. The van der Waals surface area contributed by atoms with Gasteiger partial charge in [0.15, 0.2) is 0 Å². The summed E-state index contributed by atoms with van der Waals surface area (Å²) in [6, 6.07) is 1.61. The normalized spacial score (nSPS) is 16.1. The number of carbonyl (C=O) groups excluding carboxylic acids is 1. The fourth-order valence-electron chi connectivity index (χ4n) is 2.14. The average molecular weight is 298 g/mol. The minimum atomic E-state index is -0.167. The molecule has 5 nitrogen and oxygen atoms in total. The number of aromatic nitrogens is 1. The first-order valence-corrected chi connectivity index (χ1v) is 7.35. The summed E-state index contributed by atoms with van der Waals surface area (Å²) in [5.41, 5.74) is 0.459. The summed E-state index contributed by atoms with van der Waals surface area (Å²) in [5, 5.41) is 6.51. The largest absolute Gasteiger partial charge is 0.378 e. The van der Waals surface area contributed by atoms with E-state index in [1.54, 1.807) is 12.3 Å². The molecule has 2 rings (SSSR count). The molecule has 0 saturated carbocycles. The number of amides is 1. The van der Waals surface area contributed by atoms with Crippen LogP contribution in [-0.2, 0) is 4.74 Å². The van der Waals surface area contributed by atoms with Crippen molar-refractivity contribution in [2.45, 2.75) is 25.4 Å². The summed E-state index contributed by atoms with van der Waals surface area (Å²) in [5.74, 6) is -0.167. The number of rotatable bonds is 6. The number of nitrogens with zero attached hydrogens (tertiary/aromatic N) is 1. The van der Waals surface area contributed by atoms with Gasteiger partial charge in [-0.05, 0) is 38.4 Å². The van der Waals surface area contributed by atoms with E-state index in [9.17, 15) is 4.79 Å². The van der Waals surface area contributed by atoms with Crippen LogP contribution in [0.3, 0.4) is 0 Å². The van der Waals surface area contributed by atoms with Crippen LogP contribution in [0.2, 0.25) is 5.02 Å². The van der Waals surface area contributed by atoms with Crippen molar-refractivity contribution >= 4 is 17.5 Å². The molecule has 1 saturated heterocycles. The summed E-state index contributed by atoms with van der Waals surface area (Å²) in [4.78, 5) is 15.7. The molecule has 0 aromatic carbocycles. The van der Waals surface area contributed by atoms with Crippen LogP contribution >= 0.6 is 11.6 Å². The predicted octanol–water partition coefficient (Wildman–Crippen LogP) is 1.62. The smallest absolute Gasteiger partial charge is 0.252 e. The maximum Gasteiger partial charge on any atom is 0.252 e. The fourth-order valence-corrected chi connectivity index (χ4v) is 2.35. The zero-order valence-electron chi connectivity index (χ0n) is 11.4. The summed E-state index contributed by atoms with van der Waals surface area (Å²) in [7, 11) is 0. The third kappa shape index (κ3) is 4.74. The molecule has 110 valence electrons. The van der Waals surface area contributed by atoms with Crippen molar-refractivity contribution in [1.82, 2.24) is 15.6 Å². The molecule has 1 aromatic rings. The SMILES string of the molecule is O=C(NCCCOC1CCNCC1)c1ccncc1Cl. The summed E-state index contributed by atoms with van der Waals surface area (Å²) in [6.45, 7) is 3.32. The fraction of sp³-hybridized carbons (Fsp3) is 0.571. The van der Waals surface area contributed by atoms with Crippen LogP contribution in [0.5, 0.6) is 0 Å². The quantitative estimate of drug-likeness (QED) is 0.783. The third-order valence-electron chi connectivity index (χ3n) is 3.26. The van der Waals surface area contributed by atoms with Crippen molar-refractivity contribution in [3.63, 3.8) is 0 Å². The van der Waals surface area contributed by atoms with Gasteiger partial charge in [-0.3, -0.25) is 9.78 Å². The molecule has 1 amide bonds. The van der Waals surface area contributed by atoms with Gasteiger partial charge in [-0.25, -0.2) is 0 Å². The summed E-state index contributed by atoms with van der Waals surface area (Å²) in [6.07, 6.45) is 6.33. The van der Waals surface area contributed by atoms with Gasteiger partial charge in [-0.2, -0.15) is 0 Å². The molecule has 0 atom stereocenters. The Morgan fingerprint density at radius 2 is 2.30 bits per heavy atom. The number of nitrogens with one attached hydrogen (secondary N) is 2. The molecule has 0 bridgehead atoms. The van der Waals surface area contributed by atoms with E-state index in [0.717, 1.165) is 32.4 Å². The van der Waals surface area contributed by atoms with Crippen molar-refractivity contribution in [3.8, 4) is 0 Å². The van der Waals surface area contributed by atoms with Crippen LogP contribution in [0.1, 0.15) is 29.6 Å². The van der Waals surface area contributed by atoms with Gasteiger partial charge >= 0.3 is 0 Å². The van der Waals surface area contributed by atoms with Crippen LogP contribution in [0.4, 0.5) is 0 Å². The van der Waals surface area contributed by atoms with Gasteiger partial charge in [0.05, 0.1) is 16.7 Å². The van der Waals surface area contributed by atoms with Crippen LogP contribution in [0.25, 0.3) is 0 Å². The number of pyridine rings is 1. The van der Waals surface area contributed by atoms with E-state index < -0.39 is 0 Å². The lowest BCUT2D eigenvalue weighted by Gasteiger charge is -2.22. The Bertz CT molecular complexity index is 436. The van der Waals surface area contributed by atoms with Gasteiger partial charge in [-0.1, -0.05) is 11.6 Å². The molecular weight excluding hydrogens is 278 g/mol. The standard InChI is InChI=1S/C14H20ClN3O2/c15-13-10-17-8-4-12(13)14(19)18-5-1-9-20-11-2-6-16-7-3-11/h4,8,10-11,16H,1-3,5-7,9H2,(H,18,19). The van der Waals surface area contributed by atoms with Gasteiger partial charge in [0.2, 0.25) is 0 Å². The molecule has 0 radical (unpaired) electrons. The van der Waals surface area contributed by atoms with Gasteiger partial charge in [0.1, 0.15) is 0 Å². The number of hydrogen-bond donors (Lipinski definition) is 2. The highest BCUT2D eigenvalue weighted by molar-refractivity contribution is 6.33. The molecule has 1 fully saturated rings. The van der Waals surface area contributed by atoms with Crippen molar-refractivity contribution in [2.24, 2.45) is 0 Å². The van der Waals surface area contributed by atoms with Crippen LogP contribution in [0, 0.1) is 0 Å². The molecule has 0 spiro atoms. The number of hydrogen-bond acceptors (Lipinski definition) is 4. The zero-order chi connectivity index (χ0) is 14.2. The predicted molar refractivity (Wildman–Crippen MR) is 78.0 cm³/mol. The molecule has 0 unspecified atom stereocenters. The van der Waals surface area contributed by atoms with Crippen molar-refractivity contribution in [3.05, 3.63) is 29.0 Å². The van der Waals surface area contributed by atoms with Gasteiger partial charge in [0.25, 0.3) is 5.91 Å². The number of piperidine rings is 1. The van der Waals surface area contributed by atoms with Gasteiger partial charge in [0, 0.05) is 25.5 Å². The zero-order valence-corrected chi connectivity index (χ0v) is 12.2. The van der Waals surface area contributed by atoms with E-state index in [1.807, 2.05) is 0 Å². The second kappa shape index (κ2) is 8.19. The van der Waals surface area contributed by atoms with Crippen LogP contribution in [-0.4, -0.2) is 43.2 Å². The first-order chi connectivity index (χ1) is 9.77. The van der Waals surface area contributed by atoms with E-state index in [1.165, 1.54) is 6.20 Å². The Hall–Kier alpha value is -1.17. The van der Waals surface area contributed by atoms with Gasteiger partial charge < -0.3 is 15.4 Å². The number of ether oxygens (including phenoxy) is 1. The molecule has 20 heavy (non-hydrogen) atoms. The minimum absolute atomic E-state index is 0.167. The molecule has 2 N–H and O–H groups in total. The lowest BCUT2D eigenvalue weighted by Crippen LogP contribution is -2.33. The monoisotopic (exact) mass is 297 g/mol. The van der Waals surface area contributed by atoms with E-state index in [0.29, 0.717) is 29.8 Å². The third-order valence-corrected chi connectivity index (χ3v) is 3.56. The molecule has 1 aliphatic rings. The Morgan fingerprint density at radius 1 is 1.50 bits per heavy atom. The first-order valence-electron chi connectivity index (χ1n) is 6.97. The Morgan fingerprint density at radius 3 is 3.05 bits per heavy atom. The van der Waals surface area contributed by atoms with Crippen LogP contribution in [0.15, 0.2) is 18.5 Å². The number of carbonyl (C=O) groups is 1. The van der Waals surface area contributed by atoms with Gasteiger partial charge in [-0.15, -0.1) is 0 Å². The van der Waals surface area contributed by atoms with Crippen molar-refractivity contribution in [2.75, 3.05) is 26.2 Å². The topological polar surface area (TPSA) is 63.2 Å². The molecule has 1 aliphatic heterocycles. The van der Waals surface area contributed by atoms with Crippen molar-refractivity contribution in [1.29, 1.82) is 0 Å². The summed E-state index contributed by atoms with van der Waals surface area (Å²) < 4.78 is 5.77. The lowest BCUT2D eigenvalue weighted by atomic mass is 10.1. The molecule has 1 aromatic heterocycles. The molecule has 2 heterocycles. The van der Waals surface area contributed by atoms with E-state index in [-0.39, 0.29) is 5.91 Å². The van der Waals surface area contributed by atoms with Crippen molar-refractivity contribution < 1.29 is 9.53 Å². The molecular formula is C14H20ClN3O2. The first kappa shape index (κ1) is 15.2. The highest BCUT2D eigenvalue weighted by Crippen LogP contribution is 2.12. The Kier molecular flexibility index (Phi) is 6.24. The minimum Gasteiger partial charge on any atom is -0.378 e. The maximum absolute atomic E-state index is 11.9. The maximum atomic E-state index is 11.9. The lowest BCUT2D eigenvalue weighted by molar-refractivity contribution is 0.0318. The second-order valence-corrected chi connectivity index (χ2v) is 5.19. The van der Waals surface area contributed by atoms with Crippen LogP contribution < -0.4 is 10.6 Å². The molecule has 6 heteroatoms. The van der Waals surface area contributed by atoms with E-state index in [4.69, 9.17) is 16.3 Å². The summed E-state index contributed by atoms with van der Waals surface area (Å²) >= 11 is 5.91. The Labute approximate surface area is 124 Å². The highest BCUT2D eigenvalue weighted by atomic mass is 35.5. The highest BCUT2D eigenvalue weighted by Gasteiger charge is 2.13. The second-order valence-electron chi connectivity index (χ2n) is 4.79. The van der Waals surface area contributed by atoms with E-state index >= 15 is 0 Å². The number of halogens is 1. The Balaban J connectivity index is 1.61. The average Bonchev–Trinajstić information content (AvgIpc) is 2.48. The van der Waals surface area contributed by atoms with E-state index in [2.05, 4.69) is 15.6 Å².